The molecule has 1 fully saturated rings. The Hall–Kier alpha value is -1.69. The van der Waals surface area contributed by atoms with Crippen molar-refractivity contribution < 1.29 is 4.39 Å². The Labute approximate surface area is 115 Å². The quantitative estimate of drug-likeness (QED) is 0.691. The van der Waals surface area contributed by atoms with Crippen molar-refractivity contribution in [2.45, 2.75) is 18.9 Å². The van der Waals surface area contributed by atoms with E-state index in [1.807, 2.05) is 0 Å². The van der Waals surface area contributed by atoms with E-state index in [1.165, 1.54) is 6.07 Å². The van der Waals surface area contributed by atoms with E-state index in [4.69, 9.17) is 0 Å². The summed E-state index contributed by atoms with van der Waals surface area (Å²) in [6, 6.07) is 3.32. The van der Waals surface area contributed by atoms with Crippen molar-refractivity contribution in [3.8, 4) is 0 Å². The molecule has 19 heavy (non-hydrogen) atoms. The van der Waals surface area contributed by atoms with Crippen LogP contribution in [0.5, 0.6) is 0 Å². The van der Waals surface area contributed by atoms with Crippen LogP contribution in [0.1, 0.15) is 18.9 Å². The third-order valence-electron chi connectivity index (χ3n) is 3.50. The average Bonchev–Trinajstić information content (AvgIpc) is 3.08. The lowest BCUT2D eigenvalue weighted by Crippen LogP contribution is -2.22. The van der Waals surface area contributed by atoms with Crippen LogP contribution in [0, 0.1) is 5.82 Å². The molecule has 1 aliphatic carbocycles. The Balaban J connectivity index is 2.30. The Kier molecular flexibility index (Phi) is 2.15. The smallest absolute Gasteiger partial charge is 0.294 e. The molecule has 0 unspecified atom stereocenters. The van der Waals surface area contributed by atoms with Gasteiger partial charge in [0.2, 0.25) is 5.65 Å². The van der Waals surface area contributed by atoms with Gasteiger partial charge in [-0.2, -0.15) is 0 Å². The SMILES string of the molecule is O=c1c2nccn2c2cc(F)c(Br)cc2n1C1CC1. The molecule has 4 rings (SSSR count). The van der Waals surface area contributed by atoms with Crippen LogP contribution in [0.2, 0.25) is 0 Å². The summed E-state index contributed by atoms with van der Waals surface area (Å²) in [7, 11) is 0. The van der Waals surface area contributed by atoms with Crippen LogP contribution in [0.4, 0.5) is 4.39 Å². The maximum absolute atomic E-state index is 13.8. The zero-order valence-corrected chi connectivity index (χ0v) is 11.4. The molecular formula is C13H9BrFN3O. The number of hydrogen-bond donors (Lipinski definition) is 0. The number of nitrogens with zero attached hydrogens (tertiary/aromatic N) is 3. The molecule has 6 heteroatoms. The van der Waals surface area contributed by atoms with E-state index in [2.05, 4.69) is 20.9 Å². The van der Waals surface area contributed by atoms with E-state index in [-0.39, 0.29) is 17.4 Å². The normalized spacial score (nSPS) is 15.5. The Bertz CT molecular complexity index is 879. The van der Waals surface area contributed by atoms with E-state index in [9.17, 15) is 9.18 Å². The first-order valence-electron chi connectivity index (χ1n) is 6.03. The lowest BCUT2D eigenvalue weighted by Gasteiger charge is -2.11. The molecule has 2 aromatic heterocycles. The van der Waals surface area contributed by atoms with Crippen molar-refractivity contribution >= 4 is 32.6 Å². The zero-order valence-electron chi connectivity index (χ0n) is 9.81. The fraction of sp³-hybridized carbons (Fsp3) is 0.231. The molecule has 1 aliphatic rings. The molecule has 0 aliphatic heterocycles. The minimum Gasteiger partial charge on any atom is -0.300 e. The average molecular weight is 322 g/mol. The Morgan fingerprint density at radius 1 is 1.32 bits per heavy atom. The largest absolute Gasteiger partial charge is 0.300 e. The van der Waals surface area contributed by atoms with Gasteiger partial charge in [0.05, 0.1) is 15.5 Å². The molecule has 1 aromatic carbocycles. The molecule has 1 saturated carbocycles. The van der Waals surface area contributed by atoms with Crippen molar-refractivity contribution in [2.75, 3.05) is 0 Å². The molecule has 0 saturated heterocycles. The fourth-order valence-electron chi connectivity index (χ4n) is 2.48. The van der Waals surface area contributed by atoms with Gasteiger partial charge in [0.15, 0.2) is 0 Å². The van der Waals surface area contributed by atoms with Crippen LogP contribution < -0.4 is 5.56 Å². The van der Waals surface area contributed by atoms with Gasteiger partial charge in [-0.05, 0) is 34.8 Å². The third-order valence-corrected chi connectivity index (χ3v) is 4.11. The standard InChI is InChI=1S/C13H9BrFN3O/c14-8-5-11-10(6-9(8)15)17-4-3-16-12(17)13(19)18(11)7-1-2-7/h3-7H,1-2H2. The summed E-state index contributed by atoms with van der Waals surface area (Å²) in [6.07, 6.45) is 5.22. The molecule has 2 heterocycles. The van der Waals surface area contributed by atoms with Crippen LogP contribution in [0.3, 0.4) is 0 Å². The Morgan fingerprint density at radius 3 is 2.84 bits per heavy atom. The number of aromatic nitrogens is 3. The lowest BCUT2D eigenvalue weighted by molar-refractivity contribution is 0.621. The summed E-state index contributed by atoms with van der Waals surface area (Å²) in [5.41, 5.74) is 1.64. The lowest BCUT2D eigenvalue weighted by atomic mass is 10.2. The highest BCUT2D eigenvalue weighted by atomic mass is 79.9. The molecule has 0 bridgehead atoms. The maximum Gasteiger partial charge on any atom is 0.294 e. The monoisotopic (exact) mass is 321 g/mol. The van der Waals surface area contributed by atoms with Crippen molar-refractivity contribution in [1.29, 1.82) is 0 Å². The van der Waals surface area contributed by atoms with Gasteiger partial charge in [0.25, 0.3) is 5.56 Å². The number of imidazole rings is 1. The highest BCUT2D eigenvalue weighted by Crippen LogP contribution is 2.36. The zero-order chi connectivity index (χ0) is 13.1. The summed E-state index contributed by atoms with van der Waals surface area (Å²) < 4.78 is 17.5. The van der Waals surface area contributed by atoms with Gasteiger partial charge in [-0.3, -0.25) is 9.20 Å². The van der Waals surface area contributed by atoms with Crippen LogP contribution in [0.25, 0.3) is 16.7 Å². The molecule has 0 radical (unpaired) electrons. The number of benzene rings is 1. The second-order valence-corrected chi connectivity index (χ2v) is 5.64. The minimum absolute atomic E-state index is 0.112. The molecule has 3 aromatic rings. The highest BCUT2D eigenvalue weighted by Gasteiger charge is 2.28. The van der Waals surface area contributed by atoms with Crippen molar-refractivity contribution in [3.05, 3.63) is 45.2 Å². The maximum atomic E-state index is 13.8. The van der Waals surface area contributed by atoms with Gasteiger partial charge in [-0.1, -0.05) is 0 Å². The topological polar surface area (TPSA) is 39.3 Å². The van der Waals surface area contributed by atoms with E-state index in [0.717, 1.165) is 18.4 Å². The molecule has 0 N–H and O–H groups in total. The van der Waals surface area contributed by atoms with E-state index < -0.39 is 0 Å². The van der Waals surface area contributed by atoms with Gasteiger partial charge in [-0.15, -0.1) is 0 Å². The second-order valence-electron chi connectivity index (χ2n) is 4.78. The molecule has 0 spiro atoms. The second kappa shape index (κ2) is 3.66. The van der Waals surface area contributed by atoms with Crippen LogP contribution in [-0.2, 0) is 0 Å². The first kappa shape index (κ1) is 11.2. The Morgan fingerprint density at radius 2 is 2.11 bits per heavy atom. The van der Waals surface area contributed by atoms with E-state index in [0.29, 0.717) is 15.6 Å². The van der Waals surface area contributed by atoms with Gasteiger partial charge < -0.3 is 4.57 Å². The predicted octanol–water partition coefficient (Wildman–Crippen LogP) is 2.89. The van der Waals surface area contributed by atoms with Gasteiger partial charge in [-0.25, -0.2) is 9.37 Å². The van der Waals surface area contributed by atoms with Crippen molar-refractivity contribution in [2.24, 2.45) is 0 Å². The van der Waals surface area contributed by atoms with Gasteiger partial charge in [0.1, 0.15) is 5.82 Å². The van der Waals surface area contributed by atoms with Gasteiger partial charge >= 0.3 is 0 Å². The first-order valence-corrected chi connectivity index (χ1v) is 6.82. The molecular weight excluding hydrogens is 313 g/mol. The molecule has 4 nitrogen and oxygen atoms in total. The highest BCUT2D eigenvalue weighted by molar-refractivity contribution is 9.10. The number of halogens is 2. The molecule has 96 valence electrons. The molecule has 0 atom stereocenters. The minimum atomic E-state index is -0.344. The third kappa shape index (κ3) is 1.49. The molecule has 0 amide bonds. The summed E-state index contributed by atoms with van der Waals surface area (Å²) in [5.74, 6) is -0.344. The van der Waals surface area contributed by atoms with E-state index >= 15 is 0 Å². The van der Waals surface area contributed by atoms with Crippen molar-refractivity contribution in [3.63, 3.8) is 0 Å². The number of hydrogen-bond acceptors (Lipinski definition) is 2. The number of fused-ring (bicyclic) bond motifs is 3. The van der Waals surface area contributed by atoms with Crippen LogP contribution >= 0.6 is 15.9 Å². The summed E-state index contributed by atoms with van der Waals surface area (Å²) >= 11 is 3.18. The number of rotatable bonds is 1. The first-order chi connectivity index (χ1) is 9.16. The predicted molar refractivity (Wildman–Crippen MR) is 72.9 cm³/mol. The van der Waals surface area contributed by atoms with Gasteiger partial charge in [0, 0.05) is 24.5 Å². The summed E-state index contributed by atoms with van der Waals surface area (Å²) in [5, 5.41) is 0. The van der Waals surface area contributed by atoms with Crippen molar-refractivity contribution in [1.82, 2.24) is 14.0 Å². The summed E-state index contributed by atoms with van der Waals surface area (Å²) in [4.78, 5) is 16.5. The summed E-state index contributed by atoms with van der Waals surface area (Å²) in [6.45, 7) is 0. The van der Waals surface area contributed by atoms with Crippen LogP contribution in [-0.4, -0.2) is 14.0 Å². The van der Waals surface area contributed by atoms with E-state index in [1.54, 1.807) is 27.4 Å². The van der Waals surface area contributed by atoms with Crippen LogP contribution in [0.15, 0.2) is 33.8 Å². The fourth-order valence-corrected chi connectivity index (χ4v) is 2.81.